The minimum Gasteiger partial charge on any atom is -0.294 e. The third-order valence-corrected chi connectivity index (χ3v) is 2.60. The average molecular weight is 199 g/mol. The summed E-state index contributed by atoms with van der Waals surface area (Å²) in [5, 5.41) is 0.290. The SMILES string of the molecule is CC1CC(=O)c2cc(Cl)cc(F)c21. The van der Waals surface area contributed by atoms with E-state index in [-0.39, 0.29) is 17.5 Å². The van der Waals surface area contributed by atoms with Crippen LogP contribution >= 0.6 is 11.6 Å². The smallest absolute Gasteiger partial charge is 0.163 e. The summed E-state index contributed by atoms with van der Waals surface area (Å²) in [6, 6.07) is 2.81. The molecule has 0 saturated carbocycles. The number of fused-ring (bicyclic) bond motifs is 1. The fraction of sp³-hybridized carbons (Fsp3) is 0.300. The van der Waals surface area contributed by atoms with Gasteiger partial charge < -0.3 is 0 Å². The average Bonchev–Trinajstić information content (AvgIpc) is 2.27. The summed E-state index contributed by atoms with van der Waals surface area (Å²) >= 11 is 5.65. The molecule has 13 heavy (non-hydrogen) atoms. The van der Waals surface area contributed by atoms with Gasteiger partial charge in [0.1, 0.15) is 5.82 Å². The first-order chi connectivity index (χ1) is 6.09. The molecule has 1 aromatic rings. The lowest BCUT2D eigenvalue weighted by atomic mass is 10.0. The molecule has 0 bridgehead atoms. The Bertz CT molecular complexity index is 387. The van der Waals surface area contributed by atoms with Gasteiger partial charge in [-0.15, -0.1) is 0 Å². The van der Waals surface area contributed by atoms with Crippen molar-refractivity contribution in [3.63, 3.8) is 0 Å². The molecule has 3 heteroatoms. The Morgan fingerprint density at radius 1 is 1.54 bits per heavy atom. The van der Waals surface area contributed by atoms with Crippen molar-refractivity contribution >= 4 is 17.4 Å². The fourth-order valence-electron chi connectivity index (χ4n) is 1.81. The van der Waals surface area contributed by atoms with Crippen LogP contribution in [-0.4, -0.2) is 5.78 Å². The summed E-state index contributed by atoms with van der Waals surface area (Å²) in [4.78, 5) is 11.4. The van der Waals surface area contributed by atoms with Gasteiger partial charge in [-0.05, 0) is 18.1 Å². The number of carbonyl (C=O) groups excluding carboxylic acids is 1. The molecule has 1 nitrogen and oxygen atoms in total. The number of benzene rings is 1. The molecule has 1 aliphatic rings. The summed E-state index contributed by atoms with van der Waals surface area (Å²) in [6.07, 6.45) is 0.395. The van der Waals surface area contributed by atoms with Crippen molar-refractivity contribution in [3.8, 4) is 0 Å². The van der Waals surface area contributed by atoms with E-state index in [0.29, 0.717) is 22.6 Å². The summed E-state index contributed by atoms with van der Waals surface area (Å²) in [6.45, 7) is 1.85. The number of Topliss-reactive ketones (excluding diaryl/α,β-unsaturated/α-hetero) is 1. The number of rotatable bonds is 0. The van der Waals surface area contributed by atoms with Gasteiger partial charge in [-0.3, -0.25) is 4.79 Å². The lowest BCUT2D eigenvalue weighted by Gasteiger charge is -2.04. The van der Waals surface area contributed by atoms with Crippen molar-refractivity contribution in [2.24, 2.45) is 0 Å². The summed E-state index contributed by atoms with van der Waals surface area (Å²) in [7, 11) is 0. The van der Waals surface area contributed by atoms with Gasteiger partial charge in [-0.25, -0.2) is 4.39 Å². The van der Waals surface area contributed by atoms with Crippen LogP contribution in [0.5, 0.6) is 0 Å². The second-order valence-electron chi connectivity index (χ2n) is 3.38. The topological polar surface area (TPSA) is 17.1 Å². The van der Waals surface area contributed by atoms with Gasteiger partial charge >= 0.3 is 0 Å². The zero-order valence-corrected chi connectivity index (χ0v) is 7.86. The van der Waals surface area contributed by atoms with Crippen LogP contribution in [0.4, 0.5) is 4.39 Å². The maximum absolute atomic E-state index is 13.3. The number of hydrogen-bond acceptors (Lipinski definition) is 1. The van der Waals surface area contributed by atoms with Crippen LogP contribution in [0.25, 0.3) is 0 Å². The predicted molar refractivity (Wildman–Crippen MR) is 48.8 cm³/mol. The lowest BCUT2D eigenvalue weighted by molar-refractivity contribution is 0.0990. The third kappa shape index (κ3) is 1.25. The molecular formula is C10H8ClFO. The highest BCUT2D eigenvalue weighted by molar-refractivity contribution is 6.31. The van der Waals surface area contributed by atoms with Crippen molar-refractivity contribution in [2.45, 2.75) is 19.3 Å². The summed E-state index contributed by atoms with van der Waals surface area (Å²) in [5.74, 6) is -0.385. The first-order valence-corrected chi connectivity index (χ1v) is 4.49. The Kier molecular flexibility index (Phi) is 1.88. The van der Waals surface area contributed by atoms with Crippen LogP contribution in [-0.2, 0) is 0 Å². The van der Waals surface area contributed by atoms with Crippen LogP contribution < -0.4 is 0 Å². The Hall–Kier alpha value is -0.890. The monoisotopic (exact) mass is 198 g/mol. The van der Waals surface area contributed by atoms with E-state index < -0.39 is 0 Å². The van der Waals surface area contributed by atoms with Crippen LogP contribution in [0.15, 0.2) is 12.1 Å². The lowest BCUT2D eigenvalue weighted by Crippen LogP contribution is -1.93. The molecule has 1 atom stereocenters. The fourth-order valence-corrected chi connectivity index (χ4v) is 2.01. The Balaban J connectivity index is 2.69. The van der Waals surface area contributed by atoms with E-state index in [4.69, 9.17) is 11.6 Å². The molecule has 0 heterocycles. The molecule has 0 N–H and O–H groups in total. The number of hydrogen-bond donors (Lipinski definition) is 0. The predicted octanol–water partition coefficient (Wildman–Crippen LogP) is 3.17. The molecule has 0 aliphatic heterocycles. The molecule has 0 aromatic heterocycles. The van der Waals surface area contributed by atoms with Gasteiger partial charge in [-0.2, -0.15) is 0 Å². The molecule has 0 saturated heterocycles. The highest BCUT2D eigenvalue weighted by Crippen LogP contribution is 2.36. The van der Waals surface area contributed by atoms with Crippen molar-refractivity contribution in [3.05, 3.63) is 34.1 Å². The number of ketones is 1. The molecule has 0 fully saturated rings. The van der Waals surface area contributed by atoms with Crippen LogP contribution in [0.3, 0.4) is 0 Å². The zero-order chi connectivity index (χ0) is 9.59. The first-order valence-electron chi connectivity index (χ1n) is 4.11. The molecule has 1 unspecified atom stereocenters. The minimum absolute atomic E-state index is 0.0103. The van der Waals surface area contributed by atoms with Crippen molar-refractivity contribution in [1.82, 2.24) is 0 Å². The first kappa shape index (κ1) is 8.70. The van der Waals surface area contributed by atoms with E-state index in [9.17, 15) is 9.18 Å². The molecule has 0 spiro atoms. The van der Waals surface area contributed by atoms with E-state index in [1.807, 2.05) is 6.92 Å². The normalized spacial score (nSPS) is 20.5. The van der Waals surface area contributed by atoms with E-state index in [2.05, 4.69) is 0 Å². The van der Waals surface area contributed by atoms with E-state index >= 15 is 0 Å². The van der Waals surface area contributed by atoms with Crippen molar-refractivity contribution < 1.29 is 9.18 Å². The van der Waals surface area contributed by atoms with Crippen LogP contribution in [0.1, 0.15) is 35.2 Å². The second kappa shape index (κ2) is 2.81. The van der Waals surface area contributed by atoms with Gasteiger partial charge in [0.15, 0.2) is 5.78 Å². The number of carbonyl (C=O) groups is 1. The van der Waals surface area contributed by atoms with Gasteiger partial charge in [0.2, 0.25) is 0 Å². The van der Waals surface area contributed by atoms with Gasteiger partial charge in [0.25, 0.3) is 0 Å². The van der Waals surface area contributed by atoms with Crippen LogP contribution in [0.2, 0.25) is 5.02 Å². The minimum atomic E-state index is -0.360. The van der Waals surface area contributed by atoms with E-state index in [0.717, 1.165) is 0 Å². The Morgan fingerprint density at radius 3 is 2.92 bits per heavy atom. The van der Waals surface area contributed by atoms with E-state index in [1.165, 1.54) is 6.07 Å². The summed E-state index contributed by atoms with van der Waals surface area (Å²) < 4.78 is 13.3. The van der Waals surface area contributed by atoms with E-state index in [1.54, 1.807) is 6.07 Å². The van der Waals surface area contributed by atoms with Gasteiger partial charge in [0.05, 0.1) is 0 Å². The molecule has 1 aromatic carbocycles. The molecule has 2 rings (SSSR count). The second-order valence-corrected chi connectivity index (χ2v) is 3.81. The highest BCUT2D eigenvalue weighted by atomic mass is 35.5. The van der Waals surface area contributed by atoms with Gasteiger partial charge in [-0.1, -0.05) is 18.5 Å². The maximum Gasteiger partial charge on any atom is 0.163 e. The van der Waals surface area contributed by atoms with Crippen LogP contribution in [0, 0.1) is 5.82 Å². The highest BCUT2D eigenvalue weighted by Gasteiger charge is 2.29. The third-order valence-electron chi connectivity index (χ3n) is 2.38. The maximum atomic E-state index is 13.3. The zero-order valence-electron chi connectivity index (χ0n) is 7.10. The Morgan fingerprint density at radius 2 is 2.23 bits per heavy atom. The van der Waals surface area contributed by atoms with Crippen molar-refractivity contribution in [2.75, 3.05) is 0 Å². The number of halogens is 2. The molecule has 0 radical (unpaired) electrons. The molecule has 68 valence electrons. The largest absolute Gasteiger partial charge is 0.294 e. The molecule has 0 amide bonds. The Labute approximate surface area is 80.5 Å². The van der Waals surface area contributed by atoms with Gasteiger partial charge in [0, 0.05) is 22.6 Å². The standard InChI is InChI=1S/C10H8ClFO/c1-5-2-9(13)7-3-6(11)4-8(12)10(5)7/h3-5H,2H2,1H3. The summed E-state index contributed by atoms with van der Waals surface area (Å²) in [5.41, 5.74) is 0.979. The molecular weight excluding hydrogens is 191 g/mol. The quantitative estimate of drug-likeness (QED) is 0.626. The van der Waals surface area contributed by atoms with Crippen molar-refractivity contribution in [1.29, 1.82) is 0 Å². The molecule has 1 aliphatic carbocycles.